The van der Waals surface area contributed by atoms with Crippen LogP contribution in [0.3, 0.4) is 0 Å². The molecule has 0 aliphatic heterocycles. The van der Waals surface area contributed by atoms with E-state index in [1.807, 2.05) is 24.5 Å². The molecule has 4 aromatic heterocycles. The maximum absolute atomic E-state index is 5.44. The van der Waals surface area contributed by atoms with Crippen molar-refractivity contribution in [2.75, 3.05) is 0 Å². The van der Waals surface area contributed by atoms with Gasteiger partial charge in [-0.3, -0.25) is 9.97 Å². The second-order valence-corrected chi connectivity index (χ2v) is 27.6. The van der Waals surface area contributed by atoms with Gasteiger partial charge in [-0.2, -0.15) is 0 Å². The minimum Gasteiger partial charge on any atom is -0.256 e. The average molecular weight is 1370 g/mol. The van der Waals surface area contributed by atoms with Crippen LogP contribution in [-0.2, 0) is 0 Å². The van der Waals surface area contributed by atoms with Gasteiger partial charge in [0.2, 0.25) is 0 Å². The molecule has 0 saturated carbocycles. The Bertz CT molecular complexity index is 6680. The van der Waals surface area contributed by atoms with E-state index in [2.05, 4.69) is 388 Å². The molecular formula is C104H68N4. The second kappa shape index (κ2) is 28.4. The lowest BCUT2D eigenvalue weighted by molar-refractivity contribution is 1.40. The fourth-order valence-electron chi connectivity index (χ4n) is 15.5. The number of aromatic nitrogens is 4. The van der Waals surface area contributed by atoms with Crippen LogP contribution in [0.1, 0.15) is 0 Å². The first-order valence-electron chi connectivity index (χ1n) is 36.8. The summed E-state index contributed by atoms with van der Waals surface area (Å²) in [6, 6.07) is 143. The van der Waals surface area contributed by atoms with Crippen LogP contribution in [0.25, 0.3) is 199 Å². The van der Waals surface area contributed by atoms with Crippen LogP contribution in [0.4, 0.5) is 0 Å². The molecule has 0 aliphatic rings. The van der Waals surface area contributed by atoms with Crippen LogP contribution in [0.2, 0.25) is 0 Å². The average Bonchev–Trinajstić information content (AvgIpc) is 0.856. The SMILES string of the molecule is c1ccc(-c2ccc(-c3cc(-c4ccc(-c5ccccc5)cc4)c4cc(-c5ccc(-c6cccc7cccnc67)cc5)c5ccccc5c4n3)cc2)cc1.c1ccc(-c2ccc(-c3cc(-c4ccc(-c5ccccc5)cc4)c4cc(-c5ccc(-c6cnc7ccccc7c6)cc5)c5ccccc5c4n3)cc2)cc1. The predicted octanol–water partition coefficient (Wildman–Crippen LogP) is 27.9. The lowest BCUT2D eigenvalue weighted by Crippen LogP contribution is -1.94. The zero-order chi connectivity index (χ0) is 71.7. The largest absolute Gasteiger partial charge is 0.256 e. The fraction of sp³-hybridized carbons (Fsp3) is 0. The Kier molecular flexibility index (Phi) is 17.0. The molecule has 0 bridgehead atoms. The first-order chi connectivity index (χ1) is 53.5. The molecular weight excluding hydrogens is 1310 g/mol. The highest BCUT2D eigenvalue weighted by atomic mass is 14.7. The van der Waals surface area contributed by atoms with Crippen LogP contribution >= 0.6 is 0 Å². The number of pyridine rings is 4. The Morgan fingerprint density at radius 3 is 0.880 bits per heavy atom. The van der Waals surface area contributed by atoms with Crippen LogP contribution in [0.15, 0.2) is 413 Å². The van der Waals surface area contributed by atoms with Crippen molar-refractivity contribution in [1.82, 2.24) is 19.9 Å². The molecule has 0 radical (unpaired) electrons. The topological polar surface area (TPSA) is 51.6 Å². The normalized spacial score (nSPS) is 11.3. The van der Waals surface area contributed by atoms with E-state index < -0.39 is 0 Å². The molecule has 4 nitrogen and oxygen atoms in total. The van der Waals surface area contributed by atoms with Gasteiger partial charge in [0, 0.05) is 67.0 Å². The second-order valence-electron chi connectivity index (χ2n) is 27.6. The molecule has 0 N–H and O–H groups in total. The molecule has 20 rings (SSSR count). The number of para-hydroxylation sites is 2. The number of hydrogen-bond donors (Lipinski definition) is 0. The van der Waals surface area contributed by atoms with Crippen molar-refractivity contribution in [2.45, 2.75) is 0 Å². The smallest absolute Gasteiger partial charge is 0.0794 e. The summed E-state index contributed by atoms with van der Waals surface area (Å²) in [5.41, 5.74) is 31.6. The van der Waals surface area contributed by atoms with Crippen molar-refractivity contribution >= 4 is 65.2 Å². The van der Waals surface area contributed by atoms with Crippen LogP contribution in [0.5, 0.6) is 0 Å². The summed E-state index contributed by atoms with van der Waals surface area (Å²) in [4.78, 5) is 20.3. The lowest BCUT2D eigenvalue weighted by Gasteiger charge is -2.16. The van der Waals surface area contributed by atoms with Crippen molar-refractivity contribution in [3.8, 4) is 134 Å². The third-order valence-corrected chi connectivity index (χ3v) is 21.1. The summed E-state index contributed by atoms with van der Waals surface area (Å²) in [6.45, 7) is 0. The molecule has 4 heterocycles. The van der Waals surface area contributed by atoms with Gasteiger partial charge in [0.15, 0.2) is 0 Å². The summed E-state index contributed by atoms with van der Waals surface area (Å²) in [6.07, 6.45) is 3.84. The molecule has 0 spiro atoms. The van der Waals surface area contributed by atoms with Gasteiger partial charge < -0.3 is 0 Å². The molecule has 0 aliphatic carbocycles. The number of nitrogens with zero attached hydrogens (tertiary/aromatic N) is 4. The van der Waals surface area contributed by atoms with E-state index in [1.165, 1.54) is 66.4 Å². The number of hydrogen-bond acceptors (Lipinski definition) is 4. The third kappa shape index (κ3) is 12.6. The van der Waals surface area contributed by atoms with E-state index in [0.717, 1.165) is 133 Å². The Morgan fingerprint density at radius 2 is 0.463 bits per heavy atom. The van der Waals surface area contributed by atoms with Crippen LogP contribution in [-0.4, -0.2) is 19.9 Å². The highest BCUT2D eigenvalue weighted by Crippen LogP contribution is 2.45. The fourth-order valence-corrected chi connectivity index (χ4v) is 15.5. The summed E-state index contributed by atoms with van der Waals surface area (Å²) >= 11 is 0. The highest BCUT2D eigenvalue weighted by molar-refractivity contribution is 6.18. The van der Waals surface area contributed by atoms with E-state index in [4.69, 9.17) is 19.9 Å². The number of rotatable bonds is 12. The monoisotopic (exact) mass is 1370 g/mol. The number of fused-ring (bicyclic) bond motifs is 8. The quantitative estimate of drug-likeness (QED) is 0.114. The van der Waals surface area contributed by atoms with E-state index in [9.17, 15) is 0 Å². The third-order valence-electron chi connectivity index (χ3n) is 21.1. The number of benzene rings is 16. The van der Waals surface area contributed by atoms with Gasteiger partial charge in [-0.05, 0) is 153 Å². The molecule has 0 fully saturated rings. The predicted molar refractivity (Wildman–Crippen MR) is 454 cm³/mol. The Hall–Kier alpha value is -14.3. The molecule has 0 unspecified atom stereocenters. The summed E-state index contributed by atoms with van der Waals surface area (Å²) < 4.78 is 0. The molecule has 0 atom stereocenters. The molecule has 504 valence electrons. The van der Waals surface area contributed by atoms with Crippen molar-refractivity contribution in [3.05, 3.63) is 413 Å². The van der Waals surface area contributed by atoms with Gasteiger partial charge in [0.25, 0.3) is 0 Å². The van der Waals surface area contributed by atoms with Crippen LogP contribution in [0, 0.1) is 0 Å². The van der Waals surface area contributed by atoms with Gasteiger partial charge in [-0.1, -0.05) is 358 Å². The molecule has 16 aromatic carbocycles. The maximum Gasteiger partial charge on any atom is 0.0794 e. The molecule has 20 aromatic rings. The Balaban J connectivity index is 0.000000147. The Labute approximate surface area is 627 Å². The zero-order valence-corrected chi connectivity index (χ0v) is 59.0. The first-order valence-corrected chi connectivity index (χ1v) is 36.8. The van der Waals surface area contributed by atoms with Gasteiger partial charge in [-0.15, -0.1) is 0 Å². The highest BCUT2D eigenvalue weighted by Gasteiger charge is 2.20. The molecule has 4 heteroatoms. The van der Waals surface area contributed by atoms with Crippen LogP contribution < -0.4 is 0 Å². The maximum atomic E-state index is 5.44. The summed E-state index contributed by atoms with van der Waals surface area (Å²) in [5.74, 6) is 0. The van der Waals surface area contributed by atoms with E-state index in [0.29, 0.717) is 0 Å². The van der Waals surface area contributed by atoms with E-state index in [1.54, 1.807) is 0 Å². The molecule has 108 heavy (non-hydrogen) atoms. The Morgan fingerprint density at radius 1 is 0.157 bits per heavy atom. The zero-order valence-electron chi connectivity index (χ0n) is 59.0. The van der Waals surface area contributed by atoms with Gasteiger partial charge in [0.1, 0.15) is 0 Å². The molecule has 0 amide bonds. The summed E-state index contributed by atoms with van der Waals surface area (Å²) in [7, 11) is 0. The van der Waals surface area contributed by atoms with Gasteiger partial charge in [-0.25, -0.2) is 9.97 Å². The minimum atomic E-state index is 0.954. The molecule has 0 saturated heterocycles. The first kappa shape index (κ1) is 64.5. The minimum absolute atomic E-state index is 0.954. The van der Waals surface area contributed by atoms with E-state index in [-0.39, 0.29) is 0 Å². The van der Waals surface area contributed by atoms with Crippen molar-refractivity contribution in [1.29, 1.82) is 0 Å². The standard InChI is InChI=1S/2C52H34N2/c1-3-11-35(12-4-1)37-19-25-41(26-20-37)48-33-51(42-29-23-38(24-30-42)36-13-5-2-6-14-36)54-52-46-17-9-8-16-45(46)47(32-49(48)52)40-27-21-39(22-28-40)44-31-43-15-7-10-18-50(43)53-34-44;1-3-11-35(12-4-1)37-20-24-41(25-21-37)48-34-50(42-30-22-38(23-31-42)36-13-5-2-6-14-36)54-52-46-18-8-7-17-45(46)47(33-49(48)52)40-28-26-39(27-29-40)44-19-9-15-43-16-10-32-53-51(43)44/h2*1-34H. The van der Waals surface area contributed by atoms with Gasteiger partial charge >= 0.3 is 0 Å². The van der Waals surface area contributed by atoms with Crippen molar-refractivity contribution in [2.24, 2.45) is 0 Å². The lowest BCUT2D eigenvalue weighted by atomic mass is 9.90. The van der Waals surface area contributed by atoms with Crippen molar-refractivity contribution in [3.63, 3.8) is 0 Å². The van der Waals surface area contributed by atoms with E-state index >= 15 is 0 Å². The van der Waals surface area contributed by atoms with Gasteiger partial charge in [0.05, 0.1) is 33.5 Å². The van der Waals surface area contributed by atoms with Crippen molar-refractivity contribution < 1.29 is 0 Å². The summed E-state index contributed by atoms with van der Waals surface area (Å²) in [5, 5.41) is 9.17.